The molecule has 0 spiro atoms. The Balaban J connectivity index is 2.24. The minimum Gasteiger partial charge on any atom is -0.331 e. The van der Waals surface area contributed by atoms with Gasteiger partial charge in [-0.05, 0) is 33.6 Å². The van der Waals surface area contributed by atoms with Crippen molar-refractivity contribution in [1.29, 1.82) is 0 Å². The van der Waals surface area contributed by atoms with Crippen LogP contribution in [0.15, 0.2) is 35.1 Å². The first-order valence-electron chi connectivity index (χ1n) is 5.00. The molecular weight excluding hydrogens is 284 g/mol. The molecule has 0 fully saturated rings. The first kappa shape index (κ1) is 11.8. The summed E-state index contributed by atoms with van der Waals surface area (Å²) in [5.74, 6) is 0.183. The minimum absolute atomic E-state index is 0.234. The summed E-state index contributed by atoms with van der Waals surface area (Å²) < 4.78 is 0.721. The van der Waals surface area contributed by atoms with Crippen LogP contribution in [0, 0.1) is 0 Å². The topological polar surface area (TPSA) is 83.8 Å². The number of nitrogens with two attached hydrogens (primary N) is 1. The summed E-state index contributed by atoms with van der Waals surface area (Å²) >= 11 is 3.33. The van der Waals surface area contributed by atoms with E-state index in [0.29, 0.717) is 18.1 Å². The van der Waals surface area contributed by atoms with Gasteiger partial charge in [0.2, 0.25) is 5.95 Å². The van der Waals surface area contributed by atoms with Gasteiger partial charge in [-0.2, -0.15) is 0 Å². The average molecular weight is 295 g/mol. The largest absolute Gasteiger partial charge is 0.331 e. The third-order valence-corrected chi connectivity index (χ3v) is 2.93. The summed E-state index contributed by atoms with van der Waals surface area (Å²) in [6, 6.07) is 5.43. The molecule has 0 bridgehead atoms. The smallest absolute Gasteiger partial charge is 0.259 e. The van der Waals surface area contributed by atoms with Crippen molar-refractivity contribution in [3.8, 4) is 0 Å². The van der Waals surface area contributed by atoms with Crippen molar-refractivity contribution in [3.63, 3.8) is 0 Å². The number of carbonyl (C=O) groups is 1. The third kappa shape index (κ3) is 2.72. The van der Waals surface area contributed by atoms with Crippen LogP contribution in [0.4, 0.5) is 5.95 Å². The summed E-state index contributed by atoms with van der Waals surface area (Å²) in [4.78, 5) is 18.7. The Morgan fingerprint density at radius 1 is 1.53 bits per heavy atom. The molecule has 0 saturated heterocycles. The van der Waals surface area contributed by atoms with Gasteiger partial charge in [-0.15, -0.1) is 0 Å². The van der Waals surface area contributed by atoms with Crippen LogP contribution in [0.5, 0.6) is 0 Å². The number of hydrogen-bond donors (Lipinski definition) is 3. The number of hydrogen-bond acceptors (Lipinski definition) is 3. The number of imidazole rings is 1. The molecule has 17 heavy (non-hydrogen) atoms. The van der Waals surface area contributed by atoms with Crippen LogP contribution in [0.3, 0.4) is 0 Å². The fourth-order valence-corrected chi connectivity index (χ4v) is 1.81. The standard InChI is InChI=1S/C11H11BrN4O/c12-9-2-1-7(6-13)5-8(9)10(17)16-11-14-3-4-15-11/h1-5H,6,13H2,(H2,14,15,16,17). The number of amides is 1. The van der Waals surface area contributed by atoms with E-state index < -0.39 is 0 Å². The second-order valence-corrected chi connectivity index (χ2v) is 4.26. The lowest BCUT2D eigenvalue weighted by atomic mass is 10.1. The van der Waals surface area contributed by atoms with Crippen LogP contribution in [0.25, 0.3) is 0 Å². The quantitative estimate of drug-likeness (QED) is 0.808. The number of anilines is 1. The summed E-state index contributed by atoms with van der Waals surface area (Å²) in [5.41, 5.74) is 6.97. The summed E-state index contributed by atoms with van der Waals surface area (Å²) in [5, 5.41) is 2.65. The van der Waals surface area contributed by atoms with E-state index in [4.69, 9.17) is 5.73 Å². The number of aromatic nitrogens is 2. The molecule has 0 unspecified atom stereocenters. The summed E-state index contributed by atoms with van der Waals surface area (Å²) in [7, 11) is 0. The van der Waals surface area contributed by atoms with E-state index in [-0.39, 0.29) is 5.91 Å². The van der Waals surface area contributed by atoms with Crippen LogP contribution in [0.1, 0.15) is 15.9 Å². The van der Waals surface area contributed by atoms with Crippen molar-refractivity contribution in [3.05, 3.63) is 46.2 Å². The van der Waals surface area contributed by atoms with Crippen LogP contribution in [-0.4, -0.2) is 15.9 Å². The Labute approximate surface area is 107 Å². The minimum atomic E-state index is -0.234. The van der Waals surface area contributed by atoms with Gasteiger partial charge >= 0.3 is 0 Å². The van der Waals surface area contributed by atoms with Gasteiger partial charge in [-0.3, -0.25) is 10.1 Å². The lowest BCUT2D eigenvalue weighted by Gasteiger charge is -2.06. The van der Waals surface area contributed by atoms with Crippen molar-refractivity contribution in [1.82, 2.24) is 9.97 Å². The fraction of sp³-hybridized carbons (Fsp3) is 0.0909. The Kier molecular flexibility index (Phi) is 3.55. The molecule has 4 N–H and O–H groups in total. The molecule has 0 aliphatic heterocycles. The summed E-state index contributed by atoms with van der Waals surface area (Å²) in [6.07, 6.45) is 3.21. The van der Waals surface area contributed by atoms with Crippen molar-refractivity contribution in [2.45, 2.75) is 6.54 Å². The lowest BCUT2D eigenvalue weighted by molar-refractivity contribution is 0.102. The van der Waals surface area contributed by atoms with Gasteiger partial charge in [-0.1, -0.05) is 6.07 Å². The number of halogens is 1. The first-order valence-corrected chi connectivity index (χ1v) is 5.79. The average Bonchev–Trinajstić information content (AvgIpc) is 2.82. The Morgan fingerprint density at radius 3 is 3.00 bits per heavy atom. The second kappa shape index (κ2) is 5.11. The van der Waals surface area contributed by atoms with Crippen LogP contribution < -0.4 is 11.1 Å². The van der Waals surface area contributed by atoms with E-state index in [1.165, 1.54) is 0 Å². The number of nitrogens with one attached hydrogen (secondary N) is 2. The maximum absolute atomic E-state index is 12.0. The van der Waals surface area contributed by atoms with Crippen molar-refractivity contribution in [2.75, 3.05) is 5.32 Å². The number of nitrogens with zero attached hydrogens (tertiary/aromatic N) is 1. The molecule has 0 atom stereocenters. The highest BCUT2D eigenvalue weighted by molar-refractivity contribution is 9.10. The third-order valence-electron chi connectivity index (χ3n) is 2.24. The molecule has 0 saturated carbocycles. The van der Waals surface area contributed by atoms with Crippen LogP contribution in [-0.2, 0) is 6.54 Å². The van der Waals surface area contributed by atoms with Crippen molar-refractivity contribution < 1.29 is 4.79 Å². The second-order valence-electron chi connectivity index (χ2n) is 3.41. The zero-order valence-electron chi connectivity index (χ0n) is 8.90. The van der Waals surface area contributed by atoms with Crippen molar-refractivity contribution >= 4 is 27.8 Å². The number of aromatic amines is 1. The zero-order chi connectivity index (χ0) is 12.3. The maximum atomic E-state index is 12.0. The number of carbonyl (C=O) groups excluding carboxylic acids is 1. The van der Waals surface area contributed by atoms with E-state index in [2.05, 4.69) is 31.2 Å². The molecule has 6 heteroatoms. The molecule has 5 nitrogen and oxygen atoms in total. The van der Waals surface area contributed by atoms with Gasteiger partial charge in [0, 0.05) is 23.4 Å². The van der Waals surface area contributed by atoms with Gasteiger partial charge in [-0.25, -0.2) is 4.98 Å². The van der Waals surface area contributed by atoms with E-state index in [0.717, 1.165) is 10.0 Å². The molecule has 2 aromatic rings. The summed E-state index contributed by atoms with van der Waals surface area (Å²) in [6.45, 7) is 0.397. The zero-order valence-corrected chi connectivity index (χ0v) is 10.5. The predicted octanol–water partition coefficient (Wildman–Crippen LogP) is 1.88. The molecule has 0 aliphatic carbocycles. The van der Waals surface area contributed by atoms with Crippen LogP contribution >= 0.6 is 15.9 Å². The molecule has 2 rings (SSSR count). The molecule has 1 aromatic carbocycles. The maximum Gasteiger partial charge on any atom is 0.259 e. The molecule has 88 valence electrons. The molecular formula is C11H11BrN4O. The van der Waals surface area contributed by atoms with Crippen LogP contribution in [0.2, 0.25) is 0 Å². The highest BCUT2D eigenvalue weighted by atomic mass is 79.9. The first-order chi connectivity index (χ1) is 8.20. The van der Waals surface area contributed by atoms with E-state index in [9.17, 15) is 4.79 Å². The van der Waals surface area contributed by atoms with E-state index in [1.807, 2.05) is 6.07 Å². The molecule has 1 amide bonds. The van der Waals surface area contributed by atoms with Gasteiger partial charge in [0.25, 0.3) is 5.91 Å². The molecule has 1 heterocycles. The number of H-pyrrole nitrogens is 1. The van der Waals surface area contributed by atoms with Gasteiger partial charge in [0.15, 0.2) is 0 Å². The Bertz CT molecular complexity index is 524. The Morgan fingerprint density at radius 2 is 2.35 bits per heavy atom. The number of benzene rings is 1. The van der Waals surface area contributed by atoms with Gasteiger partial charge in [0.1, 0.15) is 0 Å². The molecule has 1 aromatic heterocycles. The SMILES string of the molecule is NCc1ccc(Br)c(C(=O)Nc2ncc[nH]2)c1. The molecule has 0 aliphatic rings. The number of rotatable bonds is 3. The van der Waals surface area contributed by atoms with Crippen molar-refractivity contribution in [2.24, 2.45) is 5.73 Å². The highest BCUT2D eigenvalue weighted by Gasteiger charge is 2.11. The highest BCUT2D eigenvalue weighted by Crippen LogP contribution is 2.19. The molecule has 0 radical (unpaired) electrons. The van der Waals surface area contributed by atoms with E-state index >= 15 is 0 Å². The van der Waals surface area contributed by atoms with Gasteiger partial charge in [0.05, 0.1) is 5.56 Å². The normalized spacial score (nSPS) is 10.2. The lowest BCUT2D eigenvalue weighted by Crippen LogP contribution is -2.14. The Hall–Kier alpha value is -1.66. The predicted molar refractivity (Wildman–Crippen MR) is 68.6 cm³/mol. The monoisotopic (exact) mass is 294 g/mol. The fourth-order valence-electron chi connectivity index (χ4n) is 1.38. The van der Waals surface area contributed by atoms with E-state index in [1.54, 1.807) is 24.5 Å². The van der Waals surface area contributed by atoms with Gasteiger partial charge < -0.3 is 10.7 Å².